The zero-order valence-electron chi connectivity index (χ0n) is 16.9. The van der Waals surface area contributed by atoms with E-state index in [0.717, 1.165) is 5.56 Å². The topological polar surface area (TPSA) is 90.5 Å². The summed E-state index contributed by atoms with van der Waals surface area (Å²) in [5.41, 5.74) is 2.83. The van der Waals surface area contributed by atoms with Crippen LogP contribution in [-0.2, 0) is 9.59 Å². The van der Waals surface area contributed by atoms with Crippen molar-refractivity contribution in [3.8, 4) is 0 Å². The Bertz CT molecular complexity index is 928. The van der Waals surface area contributed by atoms with E-state index in [2.05, 4.69) is 16.0 Å². The van der Waals surface area contributed by atoms with Crippen LogP contribution in [0.4, 0.5) is 21.9 Å². The van der Waals surface area contributed by atoms with E-state index in [4.69, 9.17) is 0 Å². The number of urea groups is 1. The van der Waals surface area contributed by atoms with E-state index in [1.165, 1.54) is 4.90 Å². The van der Waals surface area contributed by atoms with E-state index in [9.17, 15) is 14.4 Å². The number of anilines is 3. The van der Waals surface area contributed by atoms with E-state index in [0.29, 0.717) is 23.5 Å². The fraction of sp³-hybridized carbons (Fsp3) is 0.318. The molecule has 2 atom stereocenters. The summed E-state index contributed by atoms with van der Waals surface area (Å²) in [6.45, 7) is 5.69. The maximum absolute atomic E-state index is 13.0. The minimum atomic E-state index is -0.732. The predicted octanol–water partition coefficient (Wildman–Crippen LogP) is 3.52. The lowest BCUT2D eigenvalue weighted by Crippen LogP contribution is -2.54. The molecule has 152 valence electrons. The molecule has 0 aromatic heterocycles. The van der Waals surface area contributed by atoms with Gasteiger partial charge in [0.25, 0.3) is 0 Å². The molecule has 0 saturated carbocycles. The van der Waals surface area contributed by atoms with Gasteiger partial charge in [0.05, 0.1) is 11.4 Å². The van der Waals surface area contributed by atoms with Crippen molar-refractivity contribution in [1.29, 1.82) is 0 Å². The third-order valence-electron chi connectivity index (χ3n) is 5.19. The molecule has 2 aromatic rings. The number of nitrogens with zero attached hydrogens (tertiary/aromatic N) is 1. The van der Waals surface area contributed by atoms with Gasteiger partial charge in [0.2, 0.25) is 11.8 Å². The van der Waals surface area contributed by atoms with E-state index < -0.39 is 12.1 Å². The fourth-order valence-corrected chi connectivity index (χ4v) is 3.25. The van der Waals surface area contributed by atoms with E-state index in [1.807, 2.05) is 45.0 Å². The third kappa shape index (κ3) is 4.56. The maximum atomic E-state index is 13.0. The smallest absolute Gasteiger partial charge is 0.323 e. The Kier molecular flexibility index (Phi) is 6.16. The molecule has 0 radical (unpaired) electrons. The van der Waals surface area contributed by atoms with Crippen molar-refractivity contribution in [3.05, 3.63) is 54.1 Å². The van der Waals surface area contributed by atoms with Gasteiger partial charge in [0.1, 0.15) is 12.6 Å². The average Bonchev–Trinajstić information content (AvgIpc) is 2.72. The Morgan fingerprint density at radius 3 is 2.55 bits per heavy atom. The van der Waals surface area contributed by atoms with Crippen LogP contribution in [0.5, 0.6) is 0 Å². The maximum Gasteiger partial charge on any atom is 0.323 e. The first-order valence-corrected chi connectivity index (χ1v) is 9.74. The minimum Gasteiger partial charge on any atom is -0.326 e. The molecule has 0 aliphatic carbocycles. The van der Waals surface area contributed by atoms with Crippen LogP contribution in [0.2, 0.25) is 0 Å². The van der Waals surface area contributed by atoms with Crippen molar-refractivity contribution in [2.75, 3.05) is 22.1 Å². The largest absolute Gasteiger partial charge is 0.326 e. The lowest BCUT2D eigenvalue weighted by molar-refractivity contribution is -0.119. The number of aryl methyl sites for hydroxylation is 1. The van der Waals surface area contributed by atoms with E-state index >= 15 is 0 Å². The molecule has 0 spiro atoms. The molecule has 0 fully saturated rings. The molecule has 0 bridgehead atoms. The molecule has 1 aliphatic heterocycles. The number of nitrogens with one attached hydrogen (secondary N) is 3. The number of rotatable bonds is 5. The van der Waals surface area contributed by atoms with Crippen LogP contribution in [0.1, 0.15) is 25.8 Å². The Balaban J connectivity index is 1.80. The van der Waals surface area contributed by atoms with Crippen LogP contribution in [0.25, 0.3) is 0 Å². The number of carbonyl (C=O) groups excluding carboxylic acids is 3. The normalized spacial score (nSPS) is 15.0. The molecule has 7 heteroatoms. The highest BCUT2D eigenvalue weighted by Crippen LogP contribution is 2.29. The Morgan fingerprint density at radius 1 is 1.14 bits per heavy atom. The van der Waals surface area contributed by atoms with E-state index in [-0.39, 0.29) is 24.3 Å². The first-order chi connectivity index (χ1) is 13.9. The van der Waals surface area contributed by atoms with Gasteiger partial charge in [-0.15, -0.1) is 0 Å². The number of para-hydroxylation sites is 3. The second kappa shape index (κ2) is 8.77. The molecule has 29 heavy (non-hydrogen) atoms. The first kappa shape index (κ1) is 20.4. The molecule has 0 unspecified atom stereocenters. The van der Waals surface area contributed by atoms with Crippen LogP contribution in [0.3, 0.4) is 0 Å². The number of fused-ring (bicyclic) bond motifs is 1. The summed E-state index contributed by atoms with van der Waals surface area (Å²) in [6, 6.07) is 13.4. The Labute approximate surface area is 170 Å². The van der Waals surface area contributed by atoms with Gasteiger partial charge in [-0.1, -0.05) is 50.6 Å². The number of carbonyl (C=O) groups is 3. The third-order valence-corrected chi connectivity index (χ3v) is 5.19. The molecule has 2 aromatic carbocycles. The zero-order valence-corrected chi connectivity index (χ0v) is 16.9. The minimum absolute atomic E-state index is 0.0863. The highest BCUT2D eigenvalue weighted by molar-refractivity contribution is 6.10. The quantitative estimate of drug-likeness (QED) is 0.725. The van der Waals surface area contributed by atoms with Crippen LogP contribution in [-0.4, -0.2) is 30.4 Å². The lowest BCUT2D eigenvalue weighted by atomic mass is 9.98. The average molecular weight is 394 g/mol. The van der Waals surface area contributed by atoms with Crippen molar-refractivity contribution in [3.63, 3.8) is 0 Å². The SMILES string of the molecule is CC[C@@H](C)[C@@H](NC(=O)N1CC(=O)Nc2ccccc21)C(=O)Nc1ccccc1C. The number of amides is 4. The summed E-state index contributed by atoms with van der Waals surface area (Å²) < 4.78 is 0. The van der Waals surface area contributed by atoms with Crippen molar-refractivity contribution in [1.82, 2.24) is 5.32 Å². The van der Waals surface area contributed by atoms with Crippen LogP contribution < -0.4 is 20.9 Å². The summed E-state index contributed by atoms with van der Waals surface area (Å²) in [6.07, 6.45) is 0.712. The second-order valence-electron chi connectivity index (χ2n) is 7.27. The fourth-order valence-electron chi connectivity index (χ4n) is 3.25. The van der Waals surface area contributed by atoms with Crippen LogP contribution >= 0.6 is 0 Å². The molecular formula is C22H26N4O3. The Morgan fingerprint density at radius 2 is 1.83 bits per heavy atom. The van der Waals surface area contributed by atoms with Gasteiger partial charge >= 0.3 is 6.03 Å². The zero-order chi connectivity index (χ0) is 21.0. The van der Waals surface area contributed by atoms with Gasteiger partial charge < -0.3 is 16.0 Å². The molecule has 3 N–H and O–H groups in total. The molecule has 1 heterocycles. The summed E-state index contributed by atoms with van der Waals surface area (Å²) in [7, 11) is 0. The number of benzene rings is 2. The van der Waals surface area contributed by atoms with Crippen LogP contribution in [0.15, 0.2) is 48.5 Å². The van der Waals surface area contributed by atoms with Gasteiger partial charge in [-0.2, -0.15) is 0 Å². The van der Waals surface area contributed by atoms with Crippen molar-refractivity contribution >= 4 is 34.9 Å². The van der Waals surface area contributed by atoms with Gasteiger partial charge in [0.15, 0.2) is 0 Å². The molecule has 3 rings (SSSR count). The molecule has 0 saturated heterocycles. The lowest BCUT2D eigenvalue weighted by Gasteiger charge is -2.32. The highest BCUT2D eigenvalue weighted by atomic mass is 16.2. The molecule has 7 nitrogen and oxygen atoms in total. The van der Waals surface area contributed by atoms with Crippen LogP contribution in [0, 0.1) is 12.8 Å². The van der Waals surface area contributed by atoms with Crippen molar-refractivity contribution in [2.45, 2.75) is 33.2 Å². The monoisotopic (exact) mass is 394 g/mol. The second-order valence-corrected chi connectivity index (χ2v) is 7.27. The van der Waals surface area contributed by atoms with Gasteiger partial charge in [0, 0.05) is 5.69 Å². The van der Waals surface area contributed by atoms with Crippen molar-refractivity contribution < 1.29 is 14.4 Å². The summed E-state index contributed by atoms with van der Waals surface area (Å²) >= 11 is 0. The Hall–Kier alpha value is -3.35. The van der Waals surface area contributed by atoms with E-state index in [1.54, 1.807) is 24.3 Å². The number of hydrogen-bond acceptors (Lipinski definition) is 3. The first-order valence-electron chi connectivity index (χ1n) is 9.74. The van der Waals surface area contributed by atoms with Crippen molar-refractivity contribution in [2.24, 2.45) is 5.92 Å². The molecular weight excluding hydrogens is 368 g/mol. The predicted molar refractivity (Wildman–Crippen MR) is 114 cm³/mol. The number of hydrogen-bond donors (Lipinski definition) is 3. The summed E-state index contributed by atoms with van der Waals surface area (Å²) in [5, 5.41) is 8.50. The molecule has 4 amide bonds. The molecule has 1 aliphatic rings. The van der Waals surface area contributed by atoms with Gasteiger partial charge in [-0.3, -0.25) is 14.5 Å². The highest BCUT2D eigenvalue weighted by Gasteiger charge is 2.32. The standard InChI is InChI=1S/C22H26N4O3/c1-4-14(2)20(21(28)24-16-10-6-5-9-15(16)3)25-22(29)26-13-19(27)23-17-11-7-8-12-18(17)26/h5-12,14,20H,4,13H2,1-3H3,(H,23,27)(H,24,28)(H,25,29)/t14-,20-/m1/s1. The summed E-state index contributed by atoms with van der Waals surface area (Å²) in [4.78, 5) is 39.4. The van der Waals surface area contributed by atoms with Gasteiger partial charge in [-0.25, -0.2) is 4.79 Å². The summed E-state index contributed by atoms with van der Waals surface area (Å²) in [5.74, 6) is -0.642. The van der Waals surface area contributed by atoms with Gasteiger partial charge in [-0.05, 0) is 36.6 Å².